The summed E-state index contributed by atoms with van der Waals surface area (Å²) in [5.74, 6) is -0.0332. The van der Waals surface area contributed by atoms with Crippen LogP contribution in [0.1, 0.15) is 12.0 Å². The van der Waals surface area contributed by atoms with Crippen LogP contribution in [0.3, 0.4) is 0 Å². The van der Waals surface area contributed by atoms with Gasteiger partial charge in [0.15, 0.2) is 5.65 Å². The molecule has 12 nitrogen and oxygen atoms in total. The number of nitrogens with one attached hydrogen (secondary N) is 2. The van der Waals surface area contributed by atoms with Gasteiger partial charge < -0.3 is 26.2 Å². The van der Waals surface area contributed by atoms with E-state index >= 15 is 0 Å². The first kappa shape index (κ1) is 30.0. The van der Waals surface area contributed by atoms with Crippen molar-refractivity contribution in [2.45, 2.75) is 18.1 Å². The number of likely N-dealkylation sites (tertiary alicyclic amines) is 1. The maximum atomic E-state index is 12.4. The van der Waals surface area contributed by atoms with E-state index in [9.17, 15) is 28.0 Å². The minimum Gasteiger partial charge on any atom is -0.404 e. The molecule has 3 heterocycles. The molecular formula is C27H29F3N10O2. The van der Waals surface area contributed by atoms with E-state index in [1.807, 2.05) is 14.1 Å². The van der Waals surface area contributed by atoms with Crippen LogP contribution in [-0.2, 0) is 4.79 Å². The van der Waals surface area contributed by atoms with Crippen LogP contribution in [0.5, 0.6) is 0 Å². The lowest BCUT2D eigenvalue weighted by atomic mass is 9.87. The topological polar surface area (TPSA) is 157 Å². The van der Waals surface area contributed by atoms with Gasteiger partial charge in [-0.05, 0) is 32.3 Å². The van der Waals surface area contributed by atoms with Crippen molar-refractivity contribution in [1.29, 1.82) is 5.26 Å². The Labute approximate surface area is 239 Å². The molecule has 3 aromatic rings. The average molecular weight is 583 g/mol. The summed E-state index contributed by atoms with van der Waals surface area (Å²) in [6.07, 6.45) is 1.71. The van der Waals surface area contributed by atoms with Gasteiger partial charge >= 0.3 is 12.2 Å². The highest BCUT2D eigenvalue weighted by Gasteiger charge is 2.44. The van der Waals surface area contributed by atoms with Crippen molar-refractivity contribution >= 4 is 35.1 Å². The first-order valence-corrected chi connectivity index (χ1v) is 12.7. The molecule has 42 heavy (non-hydrogen) atoms. The fourth-order valence-electron chi connectivity index (χ4n) is 4.36. The highest BCUT2D eigenvalue weighted by Crippen LogP contribution is 2.30. The molecule has 0 spiro atoms. The second-order valence-corrected chi connectivity index (χ2v) is 10.1. The van der Waals surface area contributed by atoms with Crippen LogP contribution in [0.4, 0.5) is 23.7 Å². The average Bonchev–Trinajstić information content (AvgIpc) is 3.33. The molecule has 220 valence electrons. The number of imidazole rings is 1. The molecule has 1 aliphatic rings. The molecule has 1 saturated heterocycles. The van der Waals surface area contributed by atoms with Crippen LogP contribution in [-0.4, -0.2) is 94.5 Å². The Bertz CT molecular complexity index is 1570. The molecule has 4 rings (SSSR count). The zero-order valence-electron chi connectivity index (χ0n) is 22.9. The number of fused-ring (bicyclic) bond motifs is 1. The quantitative estimate of drug-likeness (QED) is 0.327. The normalized spacial score (nSPS) is 15.1. The van der Waals surface area contributed by atoms with Crippen molar-refractivity contribution in [2.75, 3.05) is 45.6 Å². The molecule has 0 saturated carbocycles. The van der Waals surface area contributed by atoms with Crippen molar-refractivity contribution in [2.24, 2.45) is 10.7 Å². The number of nitriles is 1. The molecule has 4 N–H and O–H groups in total. The summed E-state index contributed by atoms with van der Waals surface area (Å²) in [4.78, 5) is 36.7. The SMILES string of the molecule is CN(C)CC(=O)N1CC(CC#N)(N=CC(=CN)c2cnn3c(-c4cccc(NC(=O)NCC(F)(F)F)c4)cnc3c2)C1. The van der Waals surface area contributed by atoms with Crippen LogP contribution in [0.2, 0.25) is 0 Å². The fraction of sp³-hybridized carbons (Fsp3) is 0.333. The molecule has 0 atom stereocenters. The largest absolute Gasteiger partial charge is 0.405 e. The summed E-state index contributed by atoms with van der Waals surface area (Å²) in [6, 6.07) is 9.43. The number of hydrogen-bond acceptors (Lipinski definition) is 8. The zero-order chi connectivity index (χ0) is 30.5. The Kier molecular flexibility index (Phi) is 8.76. The van der Waals surface area contributed by atoms with E-state index in [1.54, 1.807) is 68.6 Å². The van der Waals surface area contributed by atoms with Crippen LogP contribution < -0.4 is 16.4 Å². The van der Waals surface area contributed by atoms with Crippen molar-refractivity contribution in [3.63, 3.8) is 0 Å². The number of aliphatic imine (C=N–C) groups is 1. The number of likely N-dealkylation sites (N-methyl/N-ethyl adjacent to an activating group) is 1. The van der Waals surface area contributed by atoms with E-state index in [4.69, 9.17) is 5.73 Å². The molecule has 0 bridgehead atoms. The number of carbonyl (C=O) groups is 2. The van der Waals surface area contributed by atoms with Crippen molar-refractivity contribution in [3.05, 3.63) is 54.5 Å². The van der Waals surface area contributed by atoms with Gasteiger partial charge in [-0.25, -0.2) is 14.3 Å². The molecule has 1 aliphatic heterocycles. The molecule has 0 radical (unpaired) electrons. The molecule has 0 unspecified atom stereocenters. The summed E-state index contributed by atoms with van der Waals surface area (Å²) in [5, 5.41) is 18.0. The second kappa shape index (κ2) is 12.3. The predicted molar refractivity (Wildman–Crippen MR) is 150 cm³/mol. The minimum absolute atomic E-state index is 0.0332. The monoisotopic (exact) mass is 582 g/mol. The predicted octanol–water partition coefficient (Wildman–Crippen LogP) is 2.51. The maximum Gasteiger partial charge on any atom is 0.405 e. The number of anilines is 1. The number of allylic oxidation sites excluding steroid dienone is 1. The Morgan fingerprint density at radius 3 is 2.69 bits per heavy atom. The van der Waals surface area contributed by atoms with Crippen molar-refractivity contribution in [3.8, 4) is 17.3 Å². The van der Waals surface area contributed by atoms with Crippen LogP contribution in [0, 0.1) is 11.3 Å². The van der Waals surface area contributed by atoms with Gasteiger partial charge in [-0.2, -0.15) is 23.5 Å². The van der Waals surface area contributed by atoms with Crippen LogP contribution >= 0.6 is 0 Å². The van der Waals surface area contributed by atoms with E-state index in [2.05, 4.69) is 26.5 Å². The second-order valence-electron chi connectivity index (χ2n) is 10.1. The summed E-state index contributed by atoms with van der Waals surface area (Å²) in [7, 11) is 3.62. The van der Waals surface area contributed by atoms with E-state index in [0.29, 0.717) is 41.1 Å². The highest BCUT2D eigenvalue weighted by atomic mass is 19.4. The number of alkyl halides is 3. The lowest BCUT2D eigenvalue weighted by molar-refractivity contribution is -0.139. The van der Waals surface area contributed by atoms with Gasteiger partial charge in [0, 0.05) is 47.9 Å². The molecule has 3 amide bonds. The summed E-state index contributed by atoms with van der Waals surface area (Å²) in [6.45, 7) is -0.507. The van der Waals surface area contributed by atoms with Gasteiger partial charge in [-0.1, -0.05) is 12.1 Å². The van der Waals surface area contributed by atoms with Crippen LogP contribution in [0.15, 0.2) is 53.9 Å². The van der Waals surface area contributed by atoms with E-state index in [-0.39, 0.29) is 24.6 Å². The van der Waals surface area contributed by atoms with Crippen molar-refractivity contribution < 1.29 is 22.8 Å². The summed E-state index contributed by atoms with van der Waals surface area (Å²) < 4.78 is 38.7. The number of urea groups is 1. The Balaban J connectivity index is 1.49. The standard InChI is InChI=1S/C27H29F3N10O2/c1-38(2)14-24(41)39-16-26(17-39,6-7-31)35-11-20(10-32)19-9-23-33-13-22(40(23)36-12-19)18-4-3-5-21(8-18)37-25(42)34-15-27(28,29)30/h3-5,8-13H,6,14-17,32H2,1-2H3,(H2,34,37,42). The van der Waals surface area contributed by atoms with Gasteiger partial charge in [0.05, 0.1) is 37.1 Å². The number of rotatable bonds is 9. The number of halogens is 3. The first-order chi connectivity index (χ1) is 19.9. The zero-order valence-corrected chi connectivity index (χ0v) is 22.9. The van der Waals surface area contributed by atoms with Gasteiger partial charge in [-0.3, -0.25) is 9.79 Å². The number of benzene rings is 1. The molecule has 15 heteroatoms. The Morgan fingerprint density at radius 2 is 2.02 bits per heavy atom. The maximum absolute atomic E-state index is 12.4. The number of aromatic nitrogens is 3. The Morgan fingerprint density at radius 1 is 1.26 bits per heavy atom. The number of hydrogen-bond donors (Lipinski definition) is 3. The van der Waals surface area contributed by atoms with Crippen LogP contribution in [0.25, 0.3) is 22.5 Å². The van der Waals surface area contributed by atoms with Crippen molar-refractivity contribution in [1.82, 2.24) is 29.7 Å². The lowest BCUT2D eigenvalue weighted by Crippen LogP contribution is -2.63. The van der Waals surface area contributed by atoms with Gasteiger partial charge in [-0.15, -0.1) is 0 Å². The highest BCUT2D eigenvalue weighted by molar-refractivity contribution is 6.10. The minimum atomic E-state index is -4.52. The first-order valence-electron chi connectivity index (χ1n) is 12.7. The fourth-order valence-corrected chi connectivity index (χ4v) is 4.36. The van der Waals surface area contributed by atoms with Gasteiger partial charge in [0.2, 0.25) is 5.91 Å². The number of carbonyl (C=O) groups excluding carboxylic acids is 2. The Hall–Kier alpha value is -4.97. The summed E-state index contributed by atoms with van der Waals surface area (Å²) in [5.41, 5.74) is 8.30. The molecule has 1 fully saturated rings. The van der Waals surface area contributed by atoms with Gasteiger partial charge in [0.1, 0.15) is 12.1 Å². The third-order valence-electron chi connectivity index (χ3n) is 6.40. The summed E-state index contributed by atoms with van der Waals surface area (Å²) >= 11 is 0. The van der Waals surface area contributed by atoms with Gasteiger partial charge in [0.25, 0.3) is 0 Å². The number of nitrogens with two attached hydrogens (primary N) is 1. The number of nitrogens with zero attached hydrogens (tertiary/aromatic N) is 7. The molecule has 2 aromatic heterocycles. The third-order valence-corrected chi connectivity index (χ3v) is 6.40. The lowest BCUT2D eigenvalue weighted by Gasteiger charge is -2.46. The smallest absolute Gasteiger partial charge is 0.404 e. The van der Waals surface area contributed by atoms with E-state index in [0.717, 1.165) is 0 Å². The third kappa shape index (κ3) is 7.21. The van der Waals surface area contributed by atoms with E-state index in [1.165, 1.54) is 6.20 Å². The van der Waals surface area contributed by atoms with E-state index < -0.39 is 24.3 Å². The molecule has 0 aliphatic carbocycles. The molecule has 1 aromatic carbocycles. The number of amides is 3. The molecular weight excluding hydrogens is 553 g/mol.